The molecular formula is C14H22N2O3. The van der Waals surface area contributed by atoms with E-state index in [0.717, 1.165) is 18.8 Å². The molecule has 0 heterocycles. The molecule has 19 heavy (non-hydrogen) atoms. The van der Waals surface area contributed by atoms with E-state index >= 15 is 0 Å². The SMILES string of the molecule is COCCNCc1ccc(OCC(C)C(N)=O)cc1. The standard InChI is InChI=1S/C14H22N2O3/c1-11(14(15)17)10-19-13-5-3-12(4-6-13)9-16-7-8-18-2/h3-6,11,16H,7-10H2,1-2H3,(H2,15,17). The van der Waals surface area contributed by atoms with E-state index in [9.17, 15) is 4.79 Å². The topological polar surface area (TPSA) is 73.6 Å². The average Bonchev–Trinajstić information content (AvgIpc) is 2.42. The molecule has 1 aromatic carbocycles. The number of carbonyl (C=O) groups excluding carboxylic acids is 1. The largest absolute Gasteiger partial charge is 0.493 e. The number of ether oxygens (including phenoxy) is 2. The van der Waals surface area contributed by atoms with Gasteiger partial charge < -0.3 is 20.5 Å². The van der Waals surface area contributed by atoms with E-state index in [2.05, 4.69) is 5.32 Å². The Morgan fingerprint density at radius 2 is 2.05 bits per heavy atom. The molecule has 0 aliphatic carbocycles. The highest BCUT2D eigenvalue weighted by Crippen LogP contribution is 2.13. The molecule has 0 radical (unpaired) electrons. The predicted molar refractivity (Wildman–Crippen MR) is 73.9 cm³/mol. The van der Waals surface area contributed by atoms with Gasteiger partial charge in [-0.3, -0.25) is 4.79 Å². The van der Waals surface area contributed by atoms with E-state index in [-0.39, 0.29) is 11.8 Å². The molecule has 1 aromatic rings. The monoisotopic (exact) mass is 266 g/mol. The van der Waals surface area contributed by atoms with Crippen LogP contribution in [0.15, 0.2) is 24.3 Å². The molecule has 3 N–H and O–H groups in total. The third kappa shape index (κ3) is 6.22. The molecule has 106 valence electrons. The van der Waals surface area contributed by atoms with Crippen molar-refractivity contribution >= 4 is 5.91 Å². The second kappa shape index (κ2) is 8.50. The molecule has 1 rings (SSSR count). The number of rotatable bonds is 9. The normalized spacial score (nSPS) is 12.1. The molecule has 0 aliphatic rings. The maximum Gasteiger partial charge on any atom is 0.223 e. The Kier molecular flexibility index (Phi) is 6.92. The number of nitrogens with two attached hydrogens (primary N) is 1. The first kappa shape index (κ1) is 15.5. The first-order valence-electron chi connectivity index (χ1n) is 6.34. The van der Waals surface area contributed by atoms with Crippen molar-refractivity contribution < 1.29 is 14.3 Å². The second-order valence-corrected chi connectivity index (χ2v) is 4.43. The summed E-state index contributed by atoms with van der Waals surface area (Å²) in [4.78, 5) is 10.9. The molecule has 0 fully saturated rings. The van der Waals surface area contributed by atoms with Gasteiger partial charge in [-0.25, -0.2) is 0 Å². The van der Waals surface area contributed by atoms with Crippen molar-refractivity contribution in [3.63, 3.8) is 0 Å². The first-order valence-corrected chi connectivity index (χ1v) is 6.34. The summed E-state index contributed by atoms with van der Waals surface area (Å²) in [5, 5.41) is 3.26. The van der Waals surface area contributed by atoms with Crippen LogP contribution in [0.5, 0.6) is 5.75 Å². The number of carbonyl (C=O) groups is 1. The maximum atomic E-state index is 10.9. The van der Waals surface area contributed by atoms with Crippen LogP contribution in [-0.2, 0) is 16.1 Å². The molecule has 1 unspecified atom stereocenters. The lowest BCUT2D eigenvalue weighted by molar-refractivity contribution is -0.122. The summed E-state index contributed by atoms with van der Waals surface area (Å²) in [5.74, 6) is 0.114. The Bertz CT molecular complexity index is 379. The van der Waals surface area contributed by atoms with E-state index < -0.39 is 0 Å². The van der Waals surface area contributed by atoms with Gasteiger partial charge in [0.05, 0.1) is 19.1 Å². The molecule has 0 spiro atoms. The molecule has 0 saturated carbocycles. The van der Waals surface area contributed by atoms with E-state index in [4.69, 9.17) is 15.2 Å². The van der Waals surface area contributed by atoms with Gasteiger partial charge in [0.2, 0.25) is 5.91 Å². The van der Waals surface area contributed by atoms with Gasteiger partial charge >= 0.3 is 0 Å². The smallest absolute Gasteiger partial charge is 0.223 e. The lowest BCUT2D eigenvalue weighted by atomic mass is 10.2. The fraction of sp³-hybridized carbons (Fsp3) is 0.500. The molecule has 0 saturated heterocycles. The molecule has 0 aliphatic heterocycles. The average molecular weight is 266 g/mol. The maximum absolute atomic E-state index is 10.9. The highest BCUT2D eigenvalue weighted by atomic mass is 16.5. The van der Waals surface area contributed by atoms with Gasteiger partial charge in [-0.1, -0.05) is 19.1 Å². The van der Waals surface area contributed by atoms with Crippen molar-refractivity contribution in [2.45, 2.75) is 13.5 Å². The van der Waals surface area contributed by atoms with Crippen LogP contribution >= 0.6 is 0 Å². The fourth-order valence-electron chi connectivity index (χ4n) is 1.41. The molecule has 5 nitrogen and oxygen atoms in total. The van der Waals surface area contributed by atoms with Gasteiger partial charge in [-0.05, 0) is 17.7 Å². The minimum atomic E-state index is -0.348. The number of hydrogen-bond acceptors (Lipinski definition) is 4. The summed E-state index contributed by atoms with van der Waals surface area (Å²) < 4.78 is 10.4. The van der Waals surface area contributed by atoms with Gasteiger partial charge in [-0.15, -0.1) is 0 Å². The van der Waals surface area contributed by atoms with Crippen LogP contribution in [0.1, 0.15) is 12.5 Å². The van der Waals surface area contributed by atoms with Crippen LogP contribution in [0.3, 0.4) is 0 Å². The van der Waals surface area contributed by atoms with E-state index in [1.54, 1.807) is 14.0 Å². The van der Waals surface area contributed by atoms with Crippen LogP contribution in [0.25, 0.3) is 0 Å². The summed E-state index contributed by atoms with van der Waals surface area (Å²) in [6.07, 6.45) is 0. The van der Waals surface area contributed by atoms with Gasteiger partial charge in [0.15, 0.2) is 0 Å². The minimum absolute atomic E-state index is 0.282. The summed E-state index contributed by atoms with van der Waals surface area (Å²) >= 11 is 0. The van der Waals surface area contributed by atoms with Crippen LogP contribution in [0.2, 0.25) is 0 Å². The highest BCUT2D eigenvalue weighted by molar-refractivity contribution is 5.76. The molecule has 0 bridgehead atoms. The van der Waals surface area contributed by atoms with Crippen molar-refractivity contribution in [2.75, 3.05) is 26.9 Å². The summed E-state index contributed by atoms with van der Waals surface area (Å²) in [7, 11) is 1.68. The number of primary amides is 1. The van der Waals surface area contributed by atoms with Crippen molar-refractivity contribution in [2.24, 2.45) is 11.7 Å². The van der Waals surface area contributed by atoms with Crippen molar-refractivity contribution in [3.05, 3.63) is 29.8 Å². The Morgan fingerprint density at radius 3 is 2.63 bits per heavy atom. The number of amides is 1. The molecular weight excluding hydrogens is 244 g/mol. The number of benzene rings is 1. The summed E-state index contributed by atoms with van der Waals surface area (Å²) in [6, 6.07) is 7.76. The van der Waals surface area contributed by atoms with Gasteiger partial charge in [0, 0.05) is 20.2 Å². The molecule has 1 amide bonds. The van der Waals surface area contributed by atoms with Crippen LogP contribution in [-0.4, -0.2) is 32.8 Å². The highest BCUT2D eigenvalue weighted by Gasteiger charge is 2.08. The van der Waals surface area contributed by atoms with E-state index in [0.29, 0.717) is 13.2 Å². The Labute approximate surface area is 114 Å². The van der Waals surface area contributed by atoms with Crippen molar-refractivity contribution in [1.82, 2.24) is 5.32 Å². The number of hydrogen-bond donors (Lipinski definition) is 2. The van der Waals surface area contributed by atoms with E-state index in [1.165, 1.54) is 5.56 Å². The molecule has 0 aromatic heterocycles. The third-order valence-corrected chi connectivity index (χ3v) is 2.72. The molecule has 1 atom stereocenters. The Hall–Kier alpha value is -1.59. The van der Waals surface area contributed by atoms with Gasteiger partial charge in [0.1, 0.15) is 5.75 Å². The van der Waals surface area contributed by atoms with Crippen LogP contribution < -0.4 is 15.8 Å². The number of methoxy groups -OCH3 is 1. The summed E-state index contributed by atoms with van der Waals surface area (Å²) in [5.41, 5.74) is 6.34. The molecule has 5 heteroatoms. The third-order valence-electron chi connectivity index (χ3n) is 2.72. The van der Waals surface area contributed by atoms with E-state index in [1.807, 2.05) is 24.3 Å². The quantitative estimate of drug-likeness (QED) is 0.652. The Balaban J connectivity index is 2.33. The van der Waals surface area contributed by atoms with Crippen LogP contribution in [0, 0.1) is 5.92 Å². The van der Waals surface area contributed by atoms with Gasteiger partial charge in [-0.2, -0.15) is 0 Å². The minimum Gasteiger partial charge on any atom is -0.493 e. The van der Waals surface area contributed by atoms with Crippen molar-refractivity contribution in [1.29, 1.82) is 0 Å². The van der Waals surface area contributed by atoms with Gasteiger partial charge in [0.25, 0.3) is 0 Å². The Morgan fingerprint density at radius 1 is 1.37 bits per heavy atom. The lowest BCUT2D eigenvalue weighted by Crippen LogP contribution is -2.25. The summed E-state index contributed by atoms with van der Waals surface area (Å²) in [6.45, 7) is 4.37. The second-order valence-electron chi connectivity index (χ2n) is 4.43. The van der Waals surface area contributed by atoms with Crippen molar-refractivity contribution in [3.8, 4) is 5.75 Å². The predicted octanol–water partition coefficient (Wildman–Crippen LogP) is 0.923. The zero-order chi connectivity index (χ0) is 14.1. The number of nitrogens with one attached hydrogen (secondary N) is 1. The zero-order valence-electron chi connectivity index (χ0n) is 11.5. The van der Waals surface area contributed by atoms with Crippen LogP contribution in [0.4, 0.5) is 0 Å². The first-order chi connectivity index (χ1) is 9.13. The lowest BCUT2D eigenvalue weighted by Gasteiger charge is -2.10. The fourth-order valence-corrected chi connectivity index (χ4v) is 1.41. The zero-order valence-corrected chi connectivity index (χ0v) is 11.5.